The van der Waals surface area contributed by atoms with Crippen molar-refractivity contribution in [2.24, 2.45) is 5.10 Å². The summed E-state index contributed by atoms with van der Waals surface area (Å²) in [5.74, 6) is 1.44. The molecule has 0 saturated carbocycles. The van der Waals surface area contributed by atoms with Crippen molar-refractivity contribution in [2.75, 3.05) is 12.5 Å². The van der Waals surface area contributed by atoms with E-state index < -0.39 is 0 Å². The molecular weight excluding hydrogens is 244 g/mol. The van der Waals surface area contributed by atoms with Crippen LogP contribution < -0.4 is 10.2 Å². The van der Waals surface area contributed by atoms with Crippen LogP contribution in [0.3, 0.4) is 0 Å². The summed E-state index contributed by atoms with van der Waals surface area (Å²) in [6.07, 6.45) is 1.61. The molecule has 1 N–H and O–H groups in total. The smallest absolute Gasteiger partial charge is 0.252 e. The molecule has 0 aliphatic rings. The Balaban J connectivity index is 2.04. The topological polar surface area (TPSA) is 83.4 Å². The van der Waals surface area contributed by atoms with Gasteiger partial charge in [0.05, 0.1) is 13.3 Å². The summed E-state index contributed by atoms with van der Waals surface area (Å²) < 4.78 is 10.3. The number of hydrogen-bond donors (Lipinski definition) is 1. The van der Waals surface area contributed by atoms with Gasteiger partial charge in [0, 0.05) is 6.92 Å². The minimum Gasteiger partial charge on any atom is -0.497 e. The molecule has 0 atom stereocenters. The third-order valence-electron chi connectivity index (χ3n) is 2.34. The quantitative estimate of drug-likeness (QED) is 0.670. The van der Waals surface area contributed by atoms with Crippen molar-refractivity contribution in [1.82, 2.24) is 4.98 Å². The van der Waals surface area contributed by atoms with Crippen LogP contribution in [0.15, 0.2) is 33.8 Å². The lowest BCUT2D eigenvalue weighted by Crippen LogP contribution is -1.91. The lowest BCUT2D eigenvalue weighted by atomic mass is 10.2. The van der Waals surface area contributed by atoms with Crippen LogP contribution in [-0.2, 0) is 0 Å². The van der Waals surface area contributed by atoms with Crippen molar-refractivity contribution in [3.8, 4) is 11.8 Å². The number of nitrogens with one attached hydrogen (secondary N) is 1. The first kappa shape index (κ1) is 12.6. The monoisotopic (exact) mass is 256 g/mol. The van der Waals surface area contributed by atoms with Gasteiger partial charge in [-0.2, -0.15) is 10.4 Å². The molecule has 0 amide bonds. The number of hydrazone groups is 1. The number of nitrogens with zero attached hydrogens (tertiary/aromatic N) is 3. The molecule has 1 heterocycles. The second-order valence-electron chi connectivity index (χ2n) is 3.67. The second-order valence-corrected chi connectivity index (χ2v) is 3.67. The zero-order chi connectivity index (χ0) is 13.7. The third-order valence-corrected chi connectivity index (χ3v) is 2.34. The Morgan fingerprint density at radius 2 is 2.16 bits per heavy atom. The average Bonchev–Trinajstić information content (AvgIpc) is 2.80. The third kappa shape index (κ3) is 3.10. The van der Waals surface area contributed by atoms with Crippen LogP contribution in [0.25, 0.3) is 0 Å². The van der Waals surface area contributed by atoms with Gasteiger partial charge in [-0.15, -0.1) is 0 Å². The Morgan fingerprint density at radius 3 is 2.79 bits per heavy atom. The first-order valence-corrected chi connectivity index (χ1v) is 5.53. The molecule has 19 heavy (non-hydrogen) atoms. The number of ether oxygens (including phenoxy) is 1. The summed E-state index contributed by atoms with van der Waals surface area (Å²) in [6.45, 7) is 1.67. The van der Waals surface area contributed by atoms with Crippen molar-refractivity contribution >= 4 is 12.1 Å². The Bertz CT molecular complexity index is 623. The number of aromatic nitrogens is 1. The largest absolute Gasteiger partial charge is 0.497 e. The van der Waals surface area contributed by atoms with Crippen molar-refractivity contribution in [3.05, 3.63) is 41.4 Å². The predicted octanol–water partition coefficient (Wildman–Crippen LogP) is 2.31. The van der Waals surface area contributed by atoms with Gasteiger partial charge in [-0.05, 0) is 29.8 Å². The number of nitriles is 1. The van der Waals surface area contributed by atoms with Crippen LogP contribution in [0.4, 0.5) is 5.88 Å². The number of rotatable bonds is 4. The SMILES string of the molecule is COc1ccc(C=NNc2oc(C)nc2C#N)cc1. The van der Waals surface area contributed by atoms with E-state index >= 15 is 0 Å². The maximum atomic E-state index is 8.83. The predicted molar refractivity (Wildman–Crippen MR) is 70.2 cm³/mol. The zero-order valence-corrected chi connectivity index (χ0v) is 10.5. The lowest BCUT2D eigenvalue weighted by molar-refractivity contribution is 0.415. The molecule has 0 saturated heterocycles. The molecule has 96 valence electrons. The first-order chi connectivity index (χ1) is 9.22. The van der Waals surface area contributed by atoms with Gasteiger partial charge in [-0.3, -0.25) is 0 Å². The van der Waals surface area contributed by atoms with Crippen LogP contribution in [0.2, 0.25) is 0 Å². The van der Waals surface area contributed by atoms with Gasteiger partial charge >= 0.3 is 0 Å². The number of benzene rings is 1. The van der Waals surface area contributed by atoms with Crippen molar-refractivity contribution in [3.63, 3.8) is 0 Å². The summed E-state index contributed by atoms with van der Waals surface area (Å²) in [4.78, 5) is 3.90. The minimum absolute atomic E-state index is 0.185. The van der Waals surface area contributed by atoms with Crippen molar-refractivity contribution < 1.29 is 9.15 Å². The fourth-order valence-corrected chi connectivity index (χ4v) is 1.43. The summed E-state index contributed by atoms with van der Waals surface area (Å²) in [7, 11) is 1.61. The molecular formula is C13H12N4O2. The summed E-state index contributed by atoms with van der Waals surface area (Å²) in [5.41, 5.74) is 3.72. The van der Waals surface area contributed by atoms with E-state index in [0.29, 0.717) is 5.89 Å². The number of aryl methyl sites for hydroxylation is 1. The van der Waals surface area contributed by atoms with E-state index in [2.05, 4.69) is 15.5 Å². The van der Waals surface area contributed by atoms with Gasteiger partial charge in [0.2, 0.25) is 5.69 Å². The van der Waals surface area contributed by atoms with E-state index in [1.54, 1.807) is 20.2 Å². The zero-order valence-electron chi connectivity index (χ0n) is 10.5. The molecule has 6 heteroatoms. The molecule has 0 radical (unpaired) electrons. The van der Waals surface area contributed by atoms with Gasteiger partial charge in [0.1, 0.15) is 11.8 Å². The molecule has 0 bridgehead atoms. The molecule has 0 unspecified atom stereocenters. The molecule has 2 aromatic rings. The molecule has 1 aromatic carbocycles. The van der Waals surface area contributed by atoms with E-state index in [9.17, 15) is 0 Å². The Kier molecular flexibility index (Phi) is 3.78. The highest BCUT2D eigenvalue weighted by atomic mass is 16.5. The fraction of sp³-hybridized carbons (Fsp3) is 0.154. The van der Waals surface area contributed by atoms with Crippen LogP contribution in [0.5, 0.6) is 5.75 Å². The summed E-state index contributed by atoms with van der Waals surface area (Å²) in [5, 5.41) is 12.8. The Hall–Kier alpha value is -2.81. The molecule has 6 nitrogen and oxygen atoms in total. The minimum atomic E-state index is 0.185. The molecule has 0 fully saturated rings. The van der Waals surface area contributed by atoms with Crippen LogP contribution in [0.1, 0.15) is 17.1 Å². The van der Waals surface area contributed by atoms with E-state index in [-0.39, 0.29) is 11.6 Å². The summed E-state index contributed by atoms with van der Waals surface area (Å²) in [6, 6.07) is 9.31. The Morgan fingerprint density at radius 1 is 1.42 bits per heavy atom. The van der Waals surface area contributed by atoms with Gasteiger partial charge in [0.15, 0.2) is 5.89 Å². The van der Waals surface area contributed by atoms with Crippen LogP contribution >= 0.6 is 0 Å². The average molecular weight is 256 g/mol. The number of methoxy groups -OCH3 is 1. The van der Waals surface area contributed by atoms with E-state index in [1.165, 1.54) is 0 Å². The highest BCUT2D eigenvalue weighted by molar-refractivity contribution is 5.80. The molecule has 2 rings (SSSR count). The maximum Gasteiger partial charge on any atom is 0.252 e. The normalized spacial score (nSPS) is 10.4. The summed E-state index contributed by atoms with van der Waals surface area (Å²) >= 11 is 0. The second kappa shape index (κ2) is 5.69. The maximum absolute atomic E-state index is 8.83. The fourth-order valence-electron chi connectivity index (χ4n) is 1.43. The van der Waals surface area contributed by atoms with Gasteiger partial charge < -0.3 is 9.15 Å². The van der Waals surface area contributed by atoms with Crippen LogP contribution in [-0.4, -0.2) is 18.3 Å². The van der Waals surface area contributed by atoms with Gasteiger partial charge in [-0.25, -0.2) is 10.4 Å². The first-order valence-electron chi connectivity index (χ1n) is 5.53. The lowest BCUT2D eigenvalue weighted by Gasteiger charge is -1.99. The standard InChI is InChI=1S/C13H12N4O2/c1-9-16-12(7-14)13(19-9)17-15-8-10-3-5-11(18-2)6-4-10/h3-6,8,17H,1-2H3. The van der Waals surface area contributed by atoms with Crippen molar-refractivity contribution in [2.45, 2.75) is 6.92 Å². The van der Waals surface area contributed by atoms with Gasteiger partial charge in [0.25, 0.3) is 5.88 Å². The van der Waals surface area contributed by atoms with E-state index in [4.69, 9.17) is 14.4 Å². The van der Waals surface area contributed by atoms with Crippen molar-refractivity contribution in [1.29, 1.82) is 5.26 Å². The molecule has 0 spiro atoms. The number of oxazole rings is 1. The Labute approximate surface area is 110 Å². The van der Waals surface area contributed by atoms with E-state index in [1.807, 2.05) is 30.3 Å². The number of anilines is 1. The molecule has 0 aliphatic heterocycles. The number of hydrogen-bond acceptors (Lipinski definition) is 6. The highest BCUT2D eigenvalue weighted by Crippen LogP contribution is 2.15. The highest BCUT2D eigenvalue weighted by Gasteiger charge is 2.08. The van der Waals surface area contributed by atoms with E-state index in [0.717, 1.165) is 11.3 Å². The van der Waals surface area contributed by atoms with Crippen LogP contribution in [0, 0.1) is 18.3 Å². The molecule has 0 aliphatic carbocycles. The molecule has 1 aromatic heterocycles. The van der Waals surface area contributed by atoms with Gasteiger partial charge in [-0.1, -0.05) is 0 Å².